The molecule has 32 heavy (non-hydrogen) atoms. The molecule has 10 nitrogen and oxygen atoms in total. The highest BCUT2D eigenvalue weighted by Crippen LogP contribution is 2.20. The Kier molecular flexibility index (Phi) is 8.83. The molecule has 1 atom stereocenters. The molecule has 2 rings (SSSR count). The fourth-order valence-corrected chi connectivity index (χ4v) is 3.18. The molecule has 2 aromatic rings. The second-order valence-electron chi connectivity index (χ2n) is 6.41. The summed E-state index contributed by atoms with van der Waals surface area (Å²) in [6, 6.07) is 9.36. The van der Waals surface area contributed by atoms with E-state index in [-0.39, 0.29) is 17.9 Å². The van der Waals surface area contributed by atoms with E-state index in [0.717, 1.165) is 0 Å². The van der Waals surface area contributed by atoms with Crippen LogP contribution in [-0.4, -0.2) is 41.4 Å². The Bertz CT molecular complexity index is 1080. The van der Waals surface area contributed by atoms with Crippen LogP contribution >= 0.6 is 23.2 Å². The minimum atomic E-state index is -1.25. The van der Waals surface area contributed by atoms with Crippen molar-refractivity contribution in [2.45, 2.75) is 12.5 Å². The first-order valence-corrected chi connectivity index (χ1v) is 9.78. The zero-order valence-corrected chi connectivity index (χ0v) is 17.9. The molecule has 0 radical (unpaired) electrons. The molecule has 0 fully saturated rings. The quantitative estimate of drug-likeness (QED) is 0.166. The van der Waals surface area contributed by atoms with Crippen molar-refractivity contribution < 1.29 is 19.5 Å². The molecule has 0 aliphatic heterocycles. The molecule has 0 aliphatic rings. The van der Waals surface area contributed by atoms with Crippen molar-refractivity contribution in [3.8, 4) is 6.19 Å². The predicted molar refractivity (Wildman–Crippen MR) is 119 cm³/mol. The number of carboxylic acids is 1. The first-order valence-electron chi connectivity index (χ1n) is 9.02. The third kappa shape index (κ3) is 7.79. The van der Waals surface area contributed by atoms with Crippen LogP contribution in [-0.2, 0) is 16.0 Å². The third-order valence-electron chi connectivity index (χ3n) is 3.95. The van der Waals surface area contributed by atoms with Crippen molar-refractivity contribution in [3.05, 3.63) is 63.6 Å². The molecule has 0 spiro atoms. The number of aliphatic carboxylic acids is 1. The summed E-state index contributed by atoms with van der Waals surface area (Å²) in [5, 5.41) is 25.5. The largest absolute Gasteiger partial charge is 0.480 e. The lowest BCUT2D eigenvalue weighted by Crippen LogP contribution is -2.46. The number of hydrogen-bond acceptors (Lipinski definition) is 5. The van der Waals surface area contributed by atoms with E-state index in [2.05, 4.69) is 20.9 Å². The van der Waals surface area contributed by atoms with Crippen LogP contribution in [0.4, 0.5) is 5.69 Å². The van der Waals surface area contributed by atoms with Crippen LogP contribution in [0.15, 0.2) is 47.5 Å². The molecule has 0 aliphatic carbocycles. The van der Waals surface area contributed by atoms with Gasteiger partial charge in [-0.3, -0.25) is 14.9 Å². The van der Waals surface area contributed by atoms with Gasteiger partial charge in [0, 0.05) is 22.0 Å². The highest BCUT2D eigenvalue weighted by Gasteiger charge is 2.21. The van der Waals surface area contributed by atoms with Gasteiger partial charge in [0.15, 0.2) is 6.19 Å². The lowest BCUT2D eigenvalue weighted by molar-refractivity contribution is -0.141. The van der Waals surface area contributed by atoms with Crippen LogP contribution in [0.1, 0.15) is 15.9 Å². The summed E-state index contributed by atoms with van der Waals surface area (Å²) in [6.45, 7) is -0.454. The Balaban J connectivity index is 1.97. The molecule has 1 unspecified atom stereocenters. The number of carbonyl (C=O) groups excluding carboxylic acids is 2. The van der Waals surface area contributed by atoms with E-state index in [1.165, 1.54) is 18.2 Å². The minimum Gasteiger partial charge on any atom is -0.480 e. The summed E-state index contributed by atoms with van der Waals surface area (Å²) in [5.41, 5.74) is 6.51. The van der Waals surface area contributed by atoms with E-state index in [9.17, 15) is 19.5 Å². The van der Waals surface area contributed by atoms with Crippen molar-refractivity contribution in [3.63, 3.8) is 0 Å². The van der Waals surface area contributed by atoms with Crippen LogP contribution in [0, 0.1) is 11.5 Å². The first-order chi connectivity index (χ1) is 15.2. The Labute approximate surface area is 193 Å². The number of nitrogens with one attached hydrogen (secondary N) is 3. The first kappa shape index (κ1) is 24.5. The molecule has 0 saturated heterocycles. The number of hydrogen-bond donors (Lipinski definition) is 5. The number of nitrogens with two attached hydrogens (primary N) is 1. The standard InChI is InChI=1S/C20H18Cl2N6O4/c21-13-4-11(5-14(22)8-13)6-16(19(31)32)28-17(29)9-25-18(30)12-2-1-3-15(7-12)27-20(24)26-10-23/h1-5,7-8,16H,6,9H2,(H,25,30)(H,28,29)(H,31,32)(H3,24,26,27). The number of guanidine groups is 1. The van der Waals surface area contributed by atoms with Gasteiger partial charge in [0.05, 0.1) is 12.2 Å². The number of halogens is 2. The number of carbonyl (C=O) groups is 3. The van der Waals surface area contributed by atoms with Crippen LogP contribution < -0.4 is 21.7 Å². The zero-order valence-electron chi connectivity index (χ0n) is 16.4. The number of aliphatic imine (C=N–C) groups is 1. The number of nitrogens with zero attached hydrogens (tertiary/aromatic N) is 2. The highest BCUT2D eigenvalue weighted by atomic mass is 35.5. The van der Waals surface area contributed by atoms with E-state index in [1.54, 1.807) is 30.5 Å². The van der Waals surface area contributed by atoms with Gasteiger partial charge in [-0.1, -0.05) is 29.3 Å². The van der Waals surface area contributed by atoms with Crippen LogP contribution in [0.5, 0.6) is 0 Å². The summed E-state index contributed by atoms with van der Waals surface area (Å²) in [6.07, 6.45) is 1.57. The van der Waals surface area contributed by atoms with Crippen molar-refractivity contribution >= 4 is 52.6 Å². The number of rotatable bonds is 8. The molecule has 12 heteroatoms. The maximum Gasteiger partial charge on any atom is 0.326 e. The molecule has 2 amide bonds. The lowest BCUT2D eigenvalue weighted by Gasteiger charge is -2.15. The van der Waals surface area contributed by atoms with Crippen molar-refractivity contribution in [2.75, 3.05) is 6.54 Å². The smallest absolute Gasteiger partial charge is 0.326 e. The average Bonchev–Trinajstić information content (AvgIpc) is 2.71. The fourth-order valence-electron chi connectivity index (χ4n) is 2.61. The Morgan fingerprint density at radius 1 is 1.16 bits per heavy atom. The SMILES string of the molecule is N#CNC(N)=Nc1cccc(C(=O)NCC(=O)NC(Cc2cc(Cl)cc(Cl)c2)C(=O)O)c1. The van der Waals surface area contributed by atoms with Gasteiger partial charge >= 0.3 is 5.97 Å². The van der Waals surface area contributed by atoms with Crippen LogP contribution in [0.2, 0.25) is 10.0 Å². The minimum absolute atomic E-state index is 0.0481. The summed E-state index contributed by atoms with van der Waals surface area (Å²) in [7, 11) is 0. The highest BCUT2D eigenvalue weighted by molar-refractivity contribution is 6.34. The Morgan fingerprint density at radius 3 is 2.47 bits per heavy atom. The third-order valence-corrected chi connectivity index (χ3v) is 4.38. The molecule has 166 valence electrons. The number of benzene rings is 2. The summed E-state index contributed by atoms with van der Waals surface area (Å²) < 4.78 is 0. The molecule has 0 bridgehead atoms. The average molecular weight is 477 g/mol. The van der Waals surface area contributed by atoms with Gasteiger partial charge < -0.3 is 21.5 Å². The molecule has 0 heterocycles. The van der Waals surface area contributed by atoms with Gasteiger partial charge in [0.25, 0.3) is 5.91 Å². The molecule has 2 aromatic carbocycles. The van der Waals surface area contributed by atoms with Crippen molar-refractivity contribution in [1.29, 1.82) is 5.26 Å². The van der Waals surface area contributed by atoms with Gasteiger partial charge in [-0.2, -0.15) is 5.26 Å². The van der Waals surface area contributed by atoms with Crippen LogP contribution in [0.25, 0.3) is 0 Å². The van der Waals surface area contributed by atoms with Crippen molar-refractivity contribution in [1.82, 2.24) is 16.0 Å². The second kappa shape index (κ2) is 11.5. The molecule has 0 saturated carbocycles. The molecule has 6 N–H and O–H groups in total. The number of amides is 2. The van der Waals surface area contributed by atoms with E-state index < -0.39 is 30.4 Å². The van der Waals surface area contributed by atoms with Gasteiger partial charge in [0.2, 0.25) is 11.9 Å². The monoisotopic (exact) mass is 476 g/mol. The van der Waals surface area contributed by atoms with E-state index in [1.807, 2.05) is 0 Å². The summed E-state index contributed by atoms with van der Waals surface area (Å²) in [5.74, 6) is -2.69. The topological polar surface area (TPSA) is 170 Å². The van der Waals surface area contributed by atoms with Gasteiger partial charge in [-0.05, 0) is 42.0 Å². The number of carboxylic acid groups (broad SMARTS) is 1. The molecule has 0 aromatic heterocycles. The number of nitriles is 1. The lowest BCUT2D eigenvalue weighted by atomic mass is 10.1. The van der Waals surface area contributed by atoms with Gasteiger partial charge in [-0.25, -0.2) is 9.79 Å². The molecular weight excluding hydrogens is 459 g/mol. The maximum absolute atomic E-state index is 12.3. The van der Waals surface area contributed by atoms with Crippen LogP contribution in [0.3, 0.4) is 0 Å². The van der Waals surface area contributed by atoms with Crippen molar-refractivity contribution in [2.24, 2.45) is 10.7 Å². The van der Waals surface area contributed by atoms with Gasteiger partial charge in [0.1, 0.15) is 6.04 Å². The van der Waals surface area contributed by atoms with Gasteiger partial charge in [-0.15, -0.1) is 0 Å². The normalized spacial score (nSPS) is 11.7. The summed E-state index contributed by atoms with van der Waals surface area (Å²) in [4.78, 5) is 39.9. The van der Waals surface area contributed by atoms with E-state index >= 15 is 0 Å². The predicted octanol–water partition coefficient (Wildman–Crippen LogP) is 1.55. The van der Waals surface area contributed by atoms with E-state index in [4.69, 9.17) is 34.2 Å². The van der Waals surface area contributed by atoms with E-state index in [0.29, 0.717) is 21.3 Å². The molecular formula is C20H18Cl2N6O4. The summed E-state index contributed by atoms with van der Waals surface area (Å²) >= 11 is 11.8. The fraction of sp³-hybridized carbons (Fsp3) is 0.150. The Morgan fingerprint density at radius 2 is 1.84 bits per heavy atom. The second-order valence-corrected chi connectivity index (χ2v) is 7.28. The Hall–Kier alpha value is -3.81. The zero-order chi connectivity index (χ0) is 23.7. The maximum atomic E-state index is 12.3.